The van der Waals surface area contributed by atoms with Gasteiger partial charge in [0.15, 0.2) is 0 Å². The van der Waals surface area contributed by atoms with E-state index in [1.807, 2.05) is 18.2 Å². The number of benzene rings is 3. The van der Waals surface area contributed by atoms with Crippen LogP contribution in [-0.2, 0) is 6.42 Å². The first-order valence-electron chi connectivity index (χ1n) is 9.53. The van der Waals surface area contributed by atoms with Crippen molar-refractivity contribution in [3.63, 3.8) is 0 Å². The Morgan fingerprint density at radius 1 is 0.828 bits per heavy atom. The highest BCUT2D eigenvalue weighted by Crippen LogP contribution is 2.16. The molecule has 0 aromatic heterocycles. The predicted molar refractivity (Wildman–Crippen MR) is 113 cm³/mol. The topological polar surface area (TPSA) is 75.6 Å². The van der Waals surface area contributed by atoms with Crippen molar-refractivity contribution in [1.82, 2.24) is 0 Å². The molecule has 0 unspecified atom stereocenters. The number of aromatic carboxylic acids is 1. The van der Waals surface area contributed by atoms with E-state index in [2.05, 4.69) is 17.4 Å². The molecule has 29 heavy (non-hydrogen) atoms. The van der Waals surface area contributed by atoms with Gasteiger partial charge in [-0.25, -0.2) is 4.79 Å². The highest BCUT2D eigenvalue weighted by atomic mass is 16.5. The summed E-state index contributed by atoms with van der Waals surface area (Å²) in [5.74, 6) is -0.623. The largest absolute Gasteiger partial charge is 0.494 e. The van der Waals surface area contributed by atoms with E-state index in [1.54, 1.807) is 36.4 Å². The number of hydrogen-bond acceptors (Lipinski definition) is 3. The van der Waals surface area contributed by atoms with Crippen molar-refractivity contribution in [2.75, 3.05) is 11.9 Å². The van der Waals surface area contributed by atoms with Crippen molar-refractivity contribution < 1.29 is 19.4 Å². The number of rotatable bonds is 9. The molecule has 1 amide bonds. The van der Waals surface area contributed by atoms with E-state index in [0.717, 1.165) is 19.3 Å². The normalized spacial score (nSPS) is 10.3. The lowest BCUT2D eigenvalue weighted by Gasteiger charge is -2.09. The van der Waals surface area contributed by atoms with Gasteiger partial charge in [0.2, 0.25) is 0 Å². The van der Waals surface area contributed by atoms with Crippen LogP contribution in [-0.4, -0.2) is 23.6 Å². The Morgan fingerprint density at radius 2 is 1.59 bits per heavy atom. The number of carboxylic acid groups (broad SMARTS) is 1. The molecule has 5 nitrogen and oxygen atoms in total. The maximum absolute atomic E-state index is 12.3. The Hall–Kier alpha value is -3.60. The number of hydrogen-bond donors (Lipinski definition) is 2. The summed E-state index contributed by atoms with van der Waals surface area (Å²) in [5.41, 5.74) is 2.37. The SMILES string of the molecule is O=C(O)c1cccc(NC(=O)c2ccc(OCCCCc3ccccc3)cc2)c1. The van der Waals surface area contributed by atoms with Crippen LogP contribution in [0.1, 0.15) is 39.1 Å². The van der Waals surface area contributed by atoms with Gasteiger partial charge in [-0.3, -0.25) is 4.79 Å². The fourth-order valence-electron chi connectivity index (χ4n) is 2.90. The summed E-state index contributed by atoms with van der Waals surface area (Å²) in [6, 6.07) is 23.4. The van der Waals surface area contributed by atoms with Gasteiger partial charge in [-0.05, 0) is 67.3 Å². The summed E-state index contributed by atoms with van der Waals surface area (Å²) < 4.78 is 5.74. The van der Waals surface area contributed by atoms with Crippen LogP contribution in [0.25, 0.3) is 0 Å². The molecule has 3 rings (SSSR count). The van der Waals surface area contributed by atoms with E-state index in [4.69, 9.17) is 9.84 Å². The molecule has 0 saturated carbocycles. The predicted octanol–water partition coefficient (Wildman–Crippen LogP) is 5.04. The van der Waals surface area contributed by atoms with Crippen LogP contribution < -0.4 is 10.1 Å². The number of nitrogens with one attached hydrogen (secondary N) is 1. The molecule has 0 bridgehead atoms. The number of carbonyl (C=O) groups excluding carboxylic acids is 1. The van der Waals surface area contributed by atoms with Gasteiger partial charge in [0.05, 0.1) is 12.2 Å². The minimum Gasteiger partial charge on any atom is -0.494 e. The van der Waals surface area contributed by atoms with E-state index in [-0.39, 0.29) is 11.5 Å². The summed E-state index contributed by atoms with van der Waals surface area (Å²) in [6.45, 7) is 0.625. The zero-order valence-corrected chi connectivity index (χ0v) is 16.0. The number of ether oxygens (including phenoxy) is 1. The van der Waals surface area contributed by atoms with Crippen molar-refractivity contribution in [2.24, 2.45) is 0 Å². The molecule has 0 radical (unpaired) electrons. The van der Waals surface area contributed by atoms with Crippen LogP contribution in [0, 0.1) is 0 Å². The third-order valence-corrected chi connectivity index (χ3v) is 4.46. The maximum atomic E-state index is 12.3. The van der Waals surface area contributed by atoms with Crippen LogP contribution in [0.3, 0.4) is 0 Å². The van der Waals surface area contributed by atoms with E-state index in [0.29, 0.717) is 23.6 Å². The van der Waals surface area contributed by atoms with E-state index < -0.39 is 5.97 Å². The molecule has 0 saturated heterocycles. The molecule has 0 spiro atoms. The van der Waals surface area contributed by atoms with Gasteiger partial charge in [0.25, 0.3) is 5.91 Å². The van der Waals surface area contributed by atoms with Crippen molar-refractivity contribution in [3.8, 4) is 5.75 Å². The minimum atomic E-state index is -1.04. The first-order chi connectivity index (χ1) is 14.1. The third kappa shape index (κ3) is 6.21. The second-order valence-electron chi connectivity index (χ2n) is 6.66. The summed E-state index contributed by atoms with van der Waals surface area (Å²) in [5, 5.41) is 11.7. The number of carbonyl (C=O) groups is 2. The fourth-order valence-corrected chi connectivity index (χ4v) is 2.90. The summed E-state index contributed by atoms with van der Waals surface area (Å²) in [7, 11) is 0. The van der Waals surface area contributed by atoms with Gasteiger partial charge in [-0.1, -0.05) is 36.4 Å². The van der Waals surface area contributed by atoms with Gasteiger partial charge in [-0.2, -0.15) is 0 Å². The van der Waals surface area contributed by atoms with Crippen LogP contribution in [0.4, 0.5) is 5.69 Å². The van der Waals surface area contributed by atoms with Crippen molar-refractivity contribution in [1.29, 1.82) is 0 Å². The third-order valence-electron chi connectivity index (χ3n) is 4.46. The molecule has 148 valence electrons. The number of amides is 1. The van der Waals surface area contributed by atoms with Gasteiger partial charge < -0.3 is 15.2 Å². The van der Waals surface area contributed by atoms with Gasteiger partial charge in [-0.15, -0.1) is 0 Å². The van der Waals surface area contributed by atoms with Gasteiger partial charge in [0, 0.05) is 11.3 Å². The number of anilines is 1. The zero-order valence-electron chi connectivity index (χ0n) is 16.0. The summed E-state index contributed by atoms with van der Waals surface area (Å²) >= 11 is 0. The van der Waals surface area contributed by atoms with Crippen LogP contribution in [0.5, 0.6) is 5.75 Å². The molecule has 0 aliphatic rings. The molecule has 0 heterocycles. The zero-order chi connectivity index (χ0) is 20.5. The van der Waals surface area contributed by atoms with Crippen LogP contribution in [0.15, 0.2) is 78.9 Å². The van der Waals surface area contributed by atoms with Crippen LogP contribution in [0.2, 0.25) is 0 Å². The fraction of sp³-hybridized carbons (Fsp3) is 0.167. The molecule has 0 aliphatic carbocycles. The molecule has 0 fully saturated rings. The Kier molecular flexibility index (Phi) is 7.00. The quantitative estimate of drug-likeness (QED) is 0.503. The van der Waals surface area contributed by atoms with Crippen molar-refractivity contribution in [2.45, 2.75) is 19.3 Å². The number of carboxylic acids is 1. The van der Waals surface area contributed by atoms with Crippen molar-refractivity contribution in [3.05, 3.63) is 95.6 Å². The highest BCUT2D eigenvalue weighted by molar-refractivity contribution is 6.04. The molecule has 5 heteroatoms. The molecular formula is C24H23NO4. The summed E-state index contributed by atoms with van der Waals surface area (Å²) in [6.07, 6.45) is 3.04. The highest BCUT2D eigenvalue weighted by Gasteiger charge is 2.08. The molecule has 0 aliphatic heterocycles. The second kappa shape index (κ2) is 10.1. The Balaban J connectivity index is 1.45. The Morgan fingerprint density at radius 3 is 2.31 bits per heavy atom. The summed E-state index contributed by atoms with van der Waals surface area (Å²) in [4.78, 5) is 23.4. The smallest absolute Gasteiger partial charge is 0.335 e. The molecule has 2 N–H and O–H groups in total. The first-order valence-corrected chi connectivity index (χ1v) is 9.53. The number of unbranched alkanes of at least 4 members (excludes halogenated alkanes) is 1. The molecule has 3 aromatic carbocycles. The lowest BCUT2D eigenvalue weighted by atomic mass is 10.1. The molecule has 0 atom stereocenters. The average molecular weight is 389 g/mol. The second-order valence-corrected chi connectivity index (χ2v) is 6.66. The standard InChI is InChI=1S/C24H23NO4/c26-23(25-21-11-6-10-20(17-21)24(27)28)19-12-14-22(15-13-19)29-16-5-4-9-18-7-2-1-3-8-18/h1-3,6-8,10-15,17H,4-5,9,16H2,(H,25,26)(H,27,28). The van der Waals surface area contributed by atoms with E-state index >= 15 is 0 Å². The Labute approximate surface area is 170 Å². The van der Waals surface area contributed by atoms with Gasteiger partial charge >= 0.3 is 5.97 Å². The number of aryl methyl sites for hydroxylation is 1. The monoisotopic (exact) mass is 389 g/mol. The van der Waals surface area contributed by atoms with Crippen molar-refractivity contribution >= 4 is 17.6 Å². The average Bonchev–Trinajstić information content (AvgIpc) is 2.75. The lowest BCUT2D eigenvalue weighted by Crippen LogP contribution is -2.12. The Bertz CT molecular complexity index is 952. The molecular weight excluding hydrogens is 366 g/mol. The maximum Gasteiger partial charge on any atom is 0.335 e. The minimum absolute atomic E-state index is 0.124. The van der Waals surface area contributed by atoms with E-state index in [9.17, 15) is 9.59 Å². The van der Waals surface area contributed by atoms with Crippen LogP contribution >= 0.6 is 0 Å². The van der Waals surface area contributed by atoms with Gasteiger partial charge in [0.1, 0.15) is 5.75 Å². The van der Waals surface area contributed by atoms with E-state index in [1.165, 1.54) is 17.7 Å². The first kappa shape index (κ1) is 20.1. The molecule has 3 aromatic rings. The lowest BCUT2D eigenvalue weighted by molar-refractivity contribution is 0.0696.